The van der Waals surface area contributed by atoms with Crippen LogP contribution in [0.4, 0.5) is 4.39 Å². The maximum absolute atomic E-state index is 13.9. The van der Waals surface area contributed by atoms with Crippen LogP contribution < -0.4 is 21.0 Å². The molecular weight excluding hydrogens is 531 g/mol. The summed E-state index contributed by atoms with van der Waals surface area (Å²) in [4.78, 5) is 45.3. The molecule has 0 saturated carbocycles. The average molecular weight is 561 g/mol. The smallest absolute Gasteiger partial charge is 0.350 e. The first kappa shape index (κ1) is 29.6. The van der Waals surface area contributed by atoms with E-state index in [1.54, 1.807) is 38.1 Å². The highest BCUT2D eigenvalue weighted by Crippen LogP contribution is 2.27. The van der Waals surface area contributed by atoms with Crippen LogP contribution in [0.25, 0.3) is 0 Å². The molecule has 0 fully saturated rings. The maximum Gasteiger partial charge on any atom is 0.350 e. The molecule has 1 heterocycles. The molecule has 10 nitrogen and oxygen atoms in total. The van der Waals surface area contributed by atoms with Crippen molar-refractivity contribution in [2.45, 2.75) is 45.9 Å². The minimum Gasteiger partial charge on any atom is -0.496 e. The molecule has 1 atom stereocenters. The van der Waals surface area contributed by atoms with Gasteiger partial charge in [-0.1, -0.05) is 28.9 Å². The van der Waals surface area contributed by atoms with Crippen molar-refractivity contribution in [3.8, 4) is 5.75 Å². The Hall–Kier alpha value is -3.96. The molecule has 1 amide bonds. The first-order valence-corrected chi connectivity index (χ1v) is 12.4. The highest BCUT2D eigenvalue weighted by molar-refractivity contribution is 6.30. The topological polar surface area (TPSA) is 115 Å². The Bertz CT molecular complexity index is 1480. The predicted octanol–water partition coefficient (Wildman–Crippen LogP) is 3.03. The van der Waals surface area contributed by atoms with Crippen LogP contribution in [0, 0.1) is 5.82 Å². The van der Waals surface area contributed by atoms with E-state index in [0.717, 1.165) is 15.6 Å². The van der Waals surface area contributed by atoms with E-state index in [2.05, 4.69) is 5.16 Å². The van der Waals surface area contributed by atoms with Crippen molar-refractivity contribution >= 4 is 23.2 Å². The van der Waals surface area contributed by atoms with Crippen molar-refractivity contribution in [2.24, 2.45) is 5.16 Å². The Balaban J connectivity index is 2.09. The number of aliphatic hydroxyl groups excluding tert-OH is 1. The Morgan fingerprint density at radius 1 is 1.18 bits per heavy atom. The lowest BCUT2D eigenvalue weighted by Crippen LogP contribution is -2.55. The van der Waals surface area contributed by atoms with Gasteiger partial charge >= 0.3 is 5.69 Å². The number of oxime groups is 1. The van der Waals surface area contributed by atoms with E-state index in [1.807, 2.05) is 0 Å². The molecule has 0 radical (unpaired) electrons. The molecule has 2 aromatic carbocycles. The van der Waals surface area contributed by atoms with Crippen molar-refractivity contribution in [1.29, 1.82) is 0 Å². The third kappa shape index (κ3) is 7.12. The largest absolute Gasteiger partial charge is 0.496 e. The minimum absolute atomic E-state index is 0.0419. The fraction of sp³-hybridized carbons (Fsp3) is 0.333. The number of methoxy groups -OCH3 is 1. The number of ether oxygens (including phenoxy) is 1. The summed E-state index contributed by atoms with van der Waals surface area (Å²) >= 11 is 5.92. The normalized spacial score (nSPS) is 12.4. The molecule has 0 aliphatic heterocycles. The summed E-state index contributed by atoms with van der Waals surface area (Å²) in [6.07, 6.45) is -0.572. The Labute approximate surface area is 229 Å². The predicted molar refractivity (Wildman–Crippen MR) is 146 cm³/mol. The Kier molecular flexibility index (Phi) is 9.66. The molecule has 39 heavy (non-hydrogen) atoms. The molecule has 0 aliphatic carbocycles. The molecule has 0 spiro atoms. The third-order valence-electron chi connectivity index (χ3n) is 5.77. The van der Waals surface area contributed by atoms with Crippen LogP contribution in [0.3, 0.4) is 0 Å². The summed E-state index contributed by atoms with van der Waals surface area (Å²) in [5, 5.41) is 16.3. The fourth-order valence-corrected chi connectivity index (χ4v) is 3.85. The van der Waals surface area contributed by atoms with Crippen LogP contribution >= 0.6 is 11.6 Å². The number of halogens is 2. The first-order chi connectivity index (χ1) is 18.4. The second-order valence-corrected chi connectivity index (χ2v) is 9.48. The van der Waals surface area contributed by atoms with Gasteiger partial charge < -0.3 is 14.7 Å². The second kappa shape index (κ2) is 12.7. The summed E-state index contributed by atoms with van der Waals surface area (Å²) in [7, 11) is 2.65. The van der Waals surface area contributed by atoms with Gasteiger partial charge in [-0.15, -0.1) is 0 Å². The fourth-order valence-electron chi connectivity index (χ4n) is 3.72. The van der Waals surface area contributed by atoms with Gasteiger partial charge in [0.05, 0.1) is 31.4 Å². The van der Waals surface area contributed by atoms with Gasteiger partial charge in [0.25, 0.3) is 5.56 Å². The van der Waals surface area contributed by atoms with Crippen molar-refractivity contribution in [2.75, 3.05) is 19.2 Å². The van der Waals surface area contributed by atoms with E-state index in [-0.39, 0.29) is 41.7 Å². The van der Waals surface area contributed by atoms with Gasteiger partial charge in [0.2, 0.25) is 5.91 Å². The molecular formula is C27H30ClFN4O6. The second-order valence-electron chi connectivity index (χ2n) is 9.05. The Morgan fingerprint density at radius 2 is 1.85 bits per heavy atom. The summed E-state index contributed by atoms with van der Waals surface area (Å²) in [5.41, 5.74) is -0.883. The number of carbonyl (C=O) groups is 1. The number of amides is 1. The molecule has 0 saturated heterocycles. The van der Waals surface area contributed by atoms with E-state index in [1.165, 1.54) is 39.4 Å². The number of hydrogen-bond acceptors (Lipinski definition) is 7. The monoisotopic (exact) mass is 560 g/mol. The van der Waals surface area contributed by atoms with Gasteiger partial charge in [-0.05, 0) is 56.7 Å². The maximum atomic E-state index is 13.9. The molecule has 1 unspecified atom stereocenters. The lowest BCUT2D eigenvalue weighted by atomic mass is 10.1. The number of likely N-dealkylation sites (N-methyl/N-ethyl adjacent to an activating group) is 1. The lowest BCUT2D eigenvalue weighted by Gasteiger charge is -2.22. The van der Waals surface area contributed by atoms with E-state index >= 15 is 0 Å². The number of aliphatic hydroxyl groups is 1. The van der Waals surface area contributed by atoms with Crippen LogP contribution in [-0.2, 0) is 22.6 Å². The molecule has 0 aliphatic rings. The van der Waals surface area contributed by atoms with Gasteiger partial charge in [0.15, 0.2) is 0 Å². The molecule has 3 aromatic rings. The van der Waals surface area contributed by atoms with Gasteiger partial charge in [-0.25, -0.2) is 14.2 Å². The molecule has 1 N–H and O–H groups in total. The molecule has 208 valence electrons. The van der Waals surface area contributed by atoms with Crippen LogP contribution in [0.2, 0.25) is 5.02 Å². The molecule has 12 heteroatoms. The summed E-state index contributed by atoms with van der Waals surface area (Å²) in [5.74, 6) is -0.950. The quantitative estimate of drug-likeness (QED) is 0.301. The zero-order chi connectivity index (χ0) is 28.9. The number of hydrogen-bond donors (Lipinski definition) is 1. The summed E-state index contributed by atoms with van der Waals surface area (Å²) in [6, 6.07) is 10.2. The number of nitrogens with zero attached hydrogens (tertiary/aromatic N) is 4. The Morgan fingerprint density at radius 3 is 2.46 bits per heavy atom. The average Bonchev–Trinajstić information content (AvgIpc) is 2.89. The van der Waals surface area contributed by atoms with Gasteiger partial charge in [0, 0.05) is 23.8 Å². The van der Waals surface area contributed by atoms with E-state index in [9.17, 15) is 23.9 Å². The molecule has 3 rings (SSSR count). The SMILES string of the molecule is COc1ccc(F)cc1C(O)Cn1cc(/C(C)=N/OC(C)C)c(=O)n(N(C)C(=O)Cc2ccc(Cl)cc2)c1=O. The third-order valence-corrected chi connectivity index (χ3v) is 6.03. The zero-order valence-corrected chi connectivity index (χ0v) is 23.0. The van der Waals surface area contributed by atoms with Gasteiger partial charge in [-0.3, -0.25) is 14.2 Å². The van der Waals surface area contributed by atoms with Crippen LogP contribution in [0.1, 0.15) is 43.6 Å². The van der Waals surface area contributed by atoms with Crippen LogP contribution in [0.15, 0.2) is 63.4 Å². The van der Waals surface area contributed by atoms with Crippen molar-refractivity contribution in [1.82, 2.24) is 9.24 Å². The zero-order valence-electron chi connectivity index (χ0n) is 22.2. The van der Waals surface area contributed by atoms with Gasteiger partial charge in [0.1, 0.15) is 23.8 Å². The van der Waals surface area contributed by atoms with E-state index in [4.69, 9.17) is 21.2 Å². The minimum atomic E-state index is -1.40. The number of rotatable bonds is 10. The standard InChI is InChI=1S/C27H30ClFN4O6/c1-16(2)39-30-17(3)22-14-32(15-23(34)21-13-20(29)10-11-24(21)38-5)27(37)33(26(22)36)31(4)25(35)12-18-6-8-19(28)9-7-18/h6-11,13-14,16,23,34H,12,15H2,1-5H3/b30-17+. The summed E-state index contributed by atoms with van der Waals surface area (Å²) < 4.78 is 20.9. The van der Waals surface area contributed by atoms with E-state index in [0.29, 0.717) is 15.3 Å². The van der Waals surface area contributed by atoms with Gasteiger partial charge in [-0.2, -0.15) is 4.68 Å². The van der Waals surface area contributed by atoms with E-state index < -0.39 is 29.1 Å². The lowest BCUT2D eigenvalue weighted by molar-refractivity contribution is -0.119. The first-order valence-electron chi connectivity index (χ1n) is 12.0. The number of aromatic nitrogens is 2. The van der Waals surface area contributed by atoms with Crippen LogP contribution in [0.5, 0.6) is 5.75 Å². The van der Waals surface area contributed by atoms with Crippen LogP contribution in [-0.4, -0.2) is 46.2 Å². The molecule has 0 bridgehead atoms. The number of benzene rings is 2. The van der Waals surface area contributed by atoms with Crippen molar-refractivity contribution in [3.63, 3.8) is 0 Å². The molecule has 1 aromatic heterocycles. The summed E-state index contributed by atoms with van der Waals surface area (Å²) in [6.45, 7) is 4.63. The van der Waals surface area contributed by atoms with Crippen molar-refractivity contribution < 1.29 is 23.9 Å². The van der Waals surface area contributed by atoms with Crippen molar-refractivity contribution in [3.05, 3.63) is 97.0 Å². The highest BCUT2D eigenvalue weighted by atomic mass is 35.5. The highest BCUT2D eigenvalue weighted by Gasteiger charge is 2.23. The number of carbonyl (C=O) groups excluding carboxylic acids is 1.